The van der Waals surface area contributed by atoms with Crippen LogP contribution in [0.5, 0.6) is 0 Å². The van der Waals surface area contributed by atoms with E-state index < -0.39 is 0 Å². The lowest BCUT2D eigenvalue weighted by Crippen LogP contribution is -2.46. The Morgan fingerprint density at radius 1 is 1.50 bits per heavy atom. The fourth-order valence-corrected chi connectivity index (χ4v) is 2.18. The average molecular weight is 226 g/mol. The van der Waals surface area contributed by atoms with Gasteiger partial charge in [0.05, 0.1) is 12.6 Å². The summed E-state index contributed by atoms with van der Waals surface area (Å²) in [5.74, 6) is 0.797. The molecule has 2 rings (SSSR count). The number of amides is 1. The SMILES string of the molecule is CNC(C)C(=O)N(CC1CCOC1)C1CC1. The van der Waals surface area contributed by atoms with Crippen LogP contribution < -0.4 is 5.32 Å². The highest BCUT2D eigenvalue weighted by atomic mass is 16.5. The highest BCUT2D eigenvalue weighted by Crippen LogP contribution is 2.29. The Kier molecular flexibility index (Phi) is 3.82. The fourth-order valence-electron chi connectivity index (χ4n) is 2.18. The quantitative estimate of drug-likeness (QED) is 0.747. The lowest BCUT2D eigenvalue weighted by Gasteiger charge is -2.27. The Labute approximate surface area is 97.3 Å². The van der Waals surface area contributed by atoms with Gasteiger partial charge in [0.15, 0.2) is 0 Å². The van der Waals surface area contributed by atoms with Gasteiger partial charge in [0.2, 0.25) is 5.91 Å². The van der Waals surface area contributed by atoms with Gasteiger partial charge in [-0.3, -0.25) is 4.79 Å². The van der Waals surface area contributed by atoms with E-state index in [0.29, 0.717) is 12.0 Å². The molecular formula is C12H22N2O2. The van der Waals surface area contributed by atoms with Crippen molar-refractivity contribution in [2.75, 3.05) is 26.8 Å². The van der Waals surface area contributed by atoms with Gasteiger partial charge in [-0.05, 0) is 33.2 Å². The van der Waals surface area contributed by atoms with Crippen molar-refractivity contribution < 1.29 is 9.53 Å². The van der Waals surface area contributed by atoms with Crippen LogP contribution in [0.4, 0.5) is 0 Å². The third-order valence-corrected chi connectivity index (χ3v) is 3.55. The molecule has 1 saturated heterocycles. The molecule has 1 aliphatic carbocycles. The summed E-state index contributed by atoms with van der Waals surface area (Å²) in [5, 5.41) is 3.03. The van der Waals surface area contributed by atoms with Crippen LogP contribution in [0.3, 0.4) is 0 Å². The molecule has 2 atom stereocenters. The first kappa shape index (κ1) is 11.9. The first-order chi connectivity index (χ1) is 7.72. The van der Waals surface area contributed by atoms with Crippen molar-refractivity contribution in [3.63, 3.8) is 0 Å². The van der Waals surface area contributed by atoms with E-state index in [4.69, 9.17) is 4.74 Å². The Morgan fingerprint density at radius 2 is 2.25 bits per heavy atom. The predicted molar refractivity (Wildman–Crippen MR) is 62.2 cm³/mol. The minimum Gasteiger partial charge on any atom is -0.381 e. The van der Waals surface area contributed by atoms with Crippen molar-refractivity contribution in [3.05, 3.63) is 0 Å². The maximum atomic E-state index is 12.2. The van der Waals surface area contributed by atoms with Gasteiger partial charge in [0.25, 0.3) is 0 Å². The Morgan fingerprint density at radius 3 is 2.75 bits per heavy atom. The van der Waals surface area contributed by atoms with E-state index in [2.05, 4.69) is 10.2 Å². The largest absolute Gasteiger partial charge is 0.381 e. The first-order valence-corrected chi connectivity index (χ1v) is 6.28. The van der Waals surface area contributed by atoms with Crippen molar-refractivity contribution >= 4 is 5.91 Å². The Balaban J connectivity index is 1.91. The zero-order valence-corrected chi connectivity index (χ0v) is 10.2. The number of nitrogens with zero attached hydrogens (tertiary/aromatic N) is 1. The second kappa shape index (κ2) is 5.15. The van der Waals surface area contributed by atoms with Crippen LogP contribution in [0.2, 0.25) is 0 Å². The van der Waals surface area contributed by atoms with Crippen molar-refractivity contribution in [1.29, 1.82) is 0 Å². The summed E-state index contributed by atoms with van der Waals surface area (Å²) in [6.45, 7) is 4.50. The van der Waals surface area contributed by atoms with Crippen LogP contribution in [0.15, 0.2) is 0 Å². The number of nitrogens with one attached hydrogen (secondary N) is 1. The standard InChI is InChI=1S/C12H22N2O2/c1-9(13-2)12(15)14(11-3-4-11)7-10-5-6-16-8-10/h9-11,13H,3-8H2,1-2H3. The van der Waals surface area contributed by atoms with Crippen molar-refractivity contribution in [2.24, 2.45) is 5.92 Å². The molecule has 0 aromatic heterocycles. The Hall–Kier alpha value is -0.610. The van der Waals surface area contributed by atoms with Crippen molar-refractivity contribution in [2.45, 2.75) is 38.3 Å². The minimum atomic E-state index is -0.0667. The van der Waals surface area contributed by atoms with E-state index in [1.54, 1.807) is 0 Å². The molecule has 2 fully saturated rings. The molecule has 1 aliphatic heterocycles. The van der Waals surface area contributed by atoms with Crippen LogP contribution in [-0.2, 0) is 9.53 Å². The molecule has 0 aromatic rings. The molecule has 4 nitrogen and oxygen atoms in total. The van der Waals surface area contributed by atoms with Gasteiger partial charge in [0.1, 0.15) is 0 Å². The molecule has 92 valence electrons. The van der Waals surface area contributed by atoms with Gasteiger partial charge in [-0.1, -0.05) is 0 Å². The summed E-state index contributed by atoms with van der Waals surface area (Å²) in [7, 11) is 1.84. The highest BCUT2D eigenvalue weighted by Gasteiger charge is 2.36. The number of likely N-dealkylation sites (N-methyl/N-ethyl adjacent to an activating group) is 1. The third-order valence-electron chi connectivity index (χ3n) is 3.55. The molecule has 1 saturated carbocycles. The maximum Gasteiger partial charge on any atom is 0.239 e. The summed E-state index contributed by atoms with van der Waals surface area (Å²) in [4.78, 5) is 14.2. The van der Waals surface area contributed by atoms with Gasteiger partial charge in [0, 0.05) is 25.1 Å². The van der Waals surface area contributed by atoms with Crippen molar-refractivity contribution in [3.8, 4) is 0 Å². The van der Waals surface area contributed by atoms with Crippen LogP contribution in [0, 0.1) is 5.92 Å². The van der Waals surface area contributed by atoms with E-state index >= 15 is 0 Å². The molecule has 0 bridgehead atoms. The molecule has 0 radical (unpaired) electrons. The monoisotopic (exact) mass is 226 g/mol. The summed E-state index contributed by atoms with van der Waals surface area (Å²) in [5.41, 5.74) is 0. The molecule has 1 N–H and O–H groups in total. The zero-order valence-electron chi connectivity index (χ0n) is 10.2. The topological polar surface area (TPSA) is 41.6 Å². The van der Waals surface area contributed by atoms with Gasteiger partial charge in [-0.2, -0.15) is 0 Å². The molecular weight excluding hydrogens is 204 g/mol. The minimum absolute atomic E-state index is 0.0667. The smallest absolute Gasteiger partial charge is 0.239 e. The normalized spacial score (nSPS) is 26.8. The van der Waals surface area contributed by atoms with Crippen molar-refractivity contribution in [1.82, 2.24) is 10.2 Å². The molecule has 0 aromatic carbocycles. The van der Waals surface area contributed by atoms with Gasteiger partial charge in [-0.25, -0.2) is 0 Å². The summed E-state index contributed by atoms with van der Waals surface area (Å²) >= 11 is 0. The van der Waals surface area contributed by atoms with Crippen LogP contribution in [0.25, 0.3) is 0 Å². The van der Waals surface area contributed by atoms with Gasteiger partial charge < -0.3 is 15.0 Å². The second-order valence-electron chi connectivity index (χ2n) is 4.96. The first-order valence-electron chi connectivity index (χ1n) is 6.28. The maximum absolute atomic E-state index is 12.2. The van der Waals surface area contributed by atoms with E-state index in [-0.39, 0.29) is 11.9 Å². The third kappa shape index (κ3) is 2.74. The van der Waals surface area contributed by atoms with Crippen LogP contribution in [0.1, 0.15) is 26.2 Å². The lowest BCUT2D eigenvalue weighted by atomic mass is 10.1. The fraction of sp³-hybridized carbons (Fsp3) is 0.917. The molecule has 1 heterocycles. The number of rotatable bonds is 5. The lowest BCUT2D eigenvalue weighted by molar-refractivity contribution is -0.134. The molecule has 0 spiro atoms. The summed E-state index contributed by atoms with van der Waals surface area (Å²) in [6.07, 6.45) is 3.45. The second-order valence-corrected chi connectivity index (χ2v) is 4.96. The number of hydrogen-bond donors (Lipinski definition) is 1. The number of ether oxygens (including phenoxy) is 1. The average Bonchev–Trinajstić information content (AvgIpc) is 3.01. The molecule has 16 heavy (non-hydrogen) atoms. The molecule has 4 heteroatoms. The predicted octanol–water partition coefficient (Wildman–Crippen LogP) is 0.622. The Bertz CT molecular complexity index is 247. The van der Waals surface area contributed by atoms with E-state index in [1.807, 2.05) is 14.0 Å². The van der Waals surface area contributed by atoms with Gasteiger partial charge >= 0.3 is 0 Å². The van der Waals surface area contributed by atoms with E-state index in [0.717, 1.165) is 26.2 Å². The number of carbonyl (C=O) groups is 1. The summed E-state index contributed by atoms with van der Waals surface area (Å²) < 4.78 is 5.37. The highest BCUT2D eigenvalue weighted by molar-refractivity contribution is 5.82. The molecule has 1 amide bonds. The van der Waals surface area contributed by atoms with E-state index in [1.165, 1.54) is 12.8 Å². The van der Waals surface area contributed by atoms with Crippen LogP contribution in [-0.4, -0.2) is 49.7 Å². The zero-order chi connectivity index (χ0) is 11.5. The van der Waals surface area contributed by atoms with Crippen LogP contribution >= 0.6 is 0 Å². The van der Waals surface area contributed by atoms with E-state index in [9.17, 15) is 4.79 Å². The molecule has 2 unspecified atom stereocenters. The number of hydrogen-bond acceptors (Lipinski definition) is 3. The molecule has 2 aliphatic rings. The number of carbonyl (C=O) groups excluding carboxylic acids is 1. The van der Waals surface area contributed by atoms with Gasteiger partial charge in [-0.15, -0.1) is 0 Å². The summed E-state index contributed by atoms with van der Waals surface area (Å²) in [6, 6.07) is 0.437.